The molecule has 2 amide bonds. The van der Waals surface area contributed by atoms with Gasteiger partial charge in [-0.15, -0.1) is 24.2 Å². The molecule has 0 aromatic heterocycles. The normalized spacial score (nSPS) is 18.2. The minimum Gasteiger partial charge on any atom is -0.336 e. The average Bonchev–Trinajstić information content (AvgIpc) is 3.16. The van der Waals surface area contributed by atoms with E-state index in [1.54, 1.807) is 0 Å². The standard InChI is InChI=1S/C22H25N3O2S.ClH/c1-16-14-24(13-11-23-16)22(27)18-7-3-5-9-20(18)28-15-21(26)25-12-10-17-6-2-4-8-19(17)25;/h2-9,16,23H,10-15H2,1H3;1H. The molecule has 0 radical (unpaired) electrons. The Bertz CT molecular complexity index is 892. The van der Waals surface area contributed by atoms with Crippen LogP contribution in [0.4, 0.5) is 5.69 Å². The van der Waals surface area contributed by atoms with Gasteiger partial charge in [-0.1, -0.05) is 30.3 Å². The Hall–Kier alpha value is -2.02. The van der Waals surface area contributed by atoms with Gasteiger partial charge in [0, 0.05) is 42.8 Å². The van der Waals surface area contributed by atoms with Crippen LogP contribution >= 0.6 is 24.2 Å². The zero-order valence-electron chi connectivity index (χ0n) is 16.5. The van der Waals surface area contributed by atoms with Crippen molar-refractivity contribution in [1.82, 2.24) is 10.2 Å². The van der Waals surface area contributed by atoms with Crippen LogP contribution in [-0.2, 0) is 11.2 Å². The van der Waals surface area contributed by atoms with E-state index in [4.69, 9.17) is 0 Å². The van der Waals surface area contributed by atoms with Crippen LogP contribution in [0.5, 0.6) is 0 Å². The molecule has 154 valence electrons. The van der Waals surface area contributed by atoms with Crippen molar-refractivity contribution in [2.24, 2.45) is 0 Å². The van der Waals surface area contributed by atoms with Gasteiger partial charge in [0.25, 0.3) is 5.91 Å². The molecule has 2 aliphatic heterocycles. The molecule has 2 aromatic carbocycles. The number of halogens is 1. The van der Waals surface area contributed by atoms with E-state index in [-0.39, 0.29) is 24.2 Å². The van der Waals surface area contributed by atoms with Crippen molar-refractivity contribution in [1.29, 1.82) is 0 Å². The number of piperazine rings is 1. The van der Waals surface area contributed by atoms with Gasteiger partial charge >= 0.3 is 0 Å². The quantitative estimate of drug-likeness (QED) is 0.755. The second-order valence-corrected chi connectivity index (χ2v) is 8.33. The molecule has 1 atom stereocenters. The summed E-state index contributed by atoms with van der Waals surface area (Å²) >= 11 is 1.46. The third-order valence-electron chi connectivity index (χ3n) is 5.31. The highest BCUT2D eigenvalue weighted by Crippen LogP contribution is 2.30. The summed E-state index contributed by atoms with van der Waals surface area (Å²) in [6.07, 6.45) is 0.906. The number of carbonyl (C=O) groups excluding carboxylic acids is 2. The fourth-order valence-corrected chi connectivity index (χ4v) is 4.79. The Kier molecular flexibility index (Phi) is 7.22. The van der Waals surface area contributed by atoms with E-state index in [2.05, 4.69) is 18.3 Å². The lowest BCUT2D eigenvalue weighted by atomic mass is 10.1. The largest absolute Gasteiger partial charge is 0.336 e. The molecule has 29 heavy (non-hydrogen) atoms. The molecule has 0 spiro atoms. The molecule has 1 fully saturated rings. The third kappa shape index (κ3) is 4.77. The Morgan fingerprint density at radius 1 is 1.10 bits per heavy atom. The van der Waals surface area contributed by atoms with Crippen molar-refractivity contribution in [3.05, 3.63) is 59.7 Å². The number of nitrogens with one attached hydrogen (secondary N) is 1. The van der Waals surface area contributed by atoms with Crippen LogP contribution < -0.4 is 10.2 Å². The summed E-state index contributed by atoms with van der Waals surface area (Å²) in [5, 5.41) is 3.36. The molecule has 1 unspecified atom stereocenters. The summed E-state index contributed by atoms with van der Waals surface area (Å²) in [6.45, 7) is 5.06. The lowest BCUT2D eigenvalue weighted by molar-refractivity contribution is -0.116. The Morgan fingerprint density at radius 3 is 2.69 bits per heavy atom. The van der Waals surface area contributed by atoms with Gasteiger partial charge in [0.2, 0.25) is 5.91 Å². The lowest BCUT2D eigenvalue weighted by Crippen LogP contribution is -2.51. The number of rotatable bonds is 4. The first kappa shape index (κ1) is 21.7. The van der Waals surface area contributed by atoms with E-state index in [0.29, 0.717) is 30.4 Å². The summed E-state index contributed by atoms with van der Waals surface area (Å²) in [5.41, 5.74) is 2.94. The second kappa shape index (κ2) is 9.65. The zero-order chi connectivity index (χ0) is 19.5. The molecule has 0 bridgehead atoms. The molecule has 2 heterocycles. The first-order chi connectivity index (χ1) is 13.6. The van der Waals surface area contributed by atoms with Gasteiger partial charge in [-0.3, -0.25) is 9.59 Å². The van der Waals surface area contributed by atoms with E-state index in [1.165, 1.54) is 17.3 Å². The predicted molar refractivity (Wildman–Crippen MR) is 120 cm³/mol. The molecular formula is C22H26ClN3O2S. The van der Waals surface area contributed by atoms with Crippen LogP contribution in [0.1, 0.15) is 22.8 Å². The number of amides is 2. The summed E-state index contributed by atoms with van der Waals surface area (Å²) in [5.74, 6) is 0.472. The Balaban J connectivity index is 0.00000240. The van der Waals surface area contributed by atoms with Crippen LogP contribution in [0, 0.1) is 0 Å². The maximum Gasteiger partial charge on any atom is 0.255 e. The van der Waals surface area contributed by atoms with Gasteiger partial charge in [0.1, 0.15) is 0 Å². The number of carbonyl (C=O) groups is 2. The minimum absolute atomic E-state index is 0. The topological polar surface area (TPSA) is 52.7 Å². The highest BCUT2D eigenvalue weighted by Gasteiger charge is 2.26. The van der Waals surface area contributed by atoms with Crippen molar-refractivity contribution in [3.63, 3.8) is 0 Å². The number of hydrogen-bond acceptors (Lipinski definition) is 4. The van der Waals surface area contributed by atoms with Gasteiger partial charge in [-0.25, -0.2) is 0 Å². The van der Waals surface area contributed by atoms with Gasteiger partial charge < -0.3 is 15.1 Å². The fraction of sp³-hybridized carbons (Fsp3) is 0.364. The molecule has 2 aliphatic rings. The zero-order valence-corrected chi connectivity index (χ0v) is 18.1. The molecule has 1 N–H and O–H groups in total. The number of nitrogens with zero attached hydrogens (tertiary/aromatic N) is 2. The van der Waals surface area contributed by atoms with Crippen LogP contribution in [0.3, 0.4) is 0 Å². The molecule has 2 aromatic rings. The van der Waals surface area contributed by atoms with Gasteiger partial charge in [-0.2, -0.15) is 0 Å². The Labute approximate surface area is 182 Å². The Morgan fingerprint density at radius 2 is 1.86 bits per heavy atom. The third-order valence-corrected chi connectivity index (χ3v) is 6.37. The number of anilines is 1. The van der Waals surface area contributed by atoms with Gasteiger partial charge in [0.15, 0.2) is 0 Å². The van der Waals surface area contributed by atoms with Crippen LogP contribution in [0.2, 0.25) is 0 Å². The van der Waals surface area contributed by atoms with Crippen molar-refractivity contribution < 1.29 is 9.59 Å². The summed E-state index contributed by atoms with van der Waals surface area (Å²) < 4.78 is 0. The van der Waals surface area contributed by atoms with Crippen molar-refractivity contribution >= 4 is 41.7 Å². The molecular weight excluding hydrogens is 406 g/mol. The highest BCUT2D eigenvalue weighted by atomic mass is 35.5. The van der Waals surface area contributed by atoms with Crippen LogP contribution in [0.15, 0.2) is 53.4 Å². The number of thioether (sulfide) groups is 1. The fourth-order valence-electron chi connectivity index (χ4n) is 3.87. The smallest absolute Gasteiger partial charge is 0.255 e. The first-order valence-corrected chi connectivity index (χ1v) is 10.7. The number of hydrogen-bond donors (Lipinski definition) is 1. The molecule has 7 heteroatoms. The molecule has 4 rings (SSSR count). The van der Waals surface area contributed by atoms with E-state index in [9.17, 15) is 9.59 Å². The predicted octanol–water partition coefficient (Wildman–Crippen LogP) is 3.22. The van der Waals surface area contributed by atoms with Crippen LogP contribution in [0.25, 0.3) is 0 Å². The van der Waals surface area contributed by atoms with Gasteiger partial charge in [-0.05, 0) is 37.1 Å². The minimum atomic E-state index is 0. The molecule has 1 saturated heterocycles. The van der Waals surface area contributed by atoms with Crippen molar-refractivity contribution in [2.45, 2.75) is 24.3 Å². The van der Waals surface area contributed by atoms with E-state index >= 15 is 0 Å². The maximum absolute atomic E-state index is 13.0. The lowest BCUT2D eigenvalue weighted by Gasteiger charge is -2.32. The number of para-hydroxylation sites is 1. The first-order valence-electron chi connectivity index (χ1n) is 9.76. The maximum atomic E-state index is 13.0. The molecule has 0 aliphatic carbocycles. The highest BCUT2D eigenvalue weighted by molar-refractivity contribution is 8.00. The summed E-state index contributed by atoms with van der Waals surface area (Å²) in [7, 11) is 0. The molecule has 0 saturated carbocycles. The number of fused-ring (bicyclic) bond motifs is 1. The average molecular weight is 432 g/mol. The van der Waals surface area contributed by atoms with Gasteiger partial charge in [0.05, 0.1) is 11.3 Å². The van der Waals surface area contributed by atoms with Crippen molar-refractivity contribution in [3.8, 4) is 0 Å². The van der Waals surface area contributed by atoms with E-state index in [1.807, 2.05) is 52.3 Å². The SMILES string of the molecule is CC1CN(C(=O)c2ccccc2SCC(=O)N2CCc3ccccc32)CCN1.Cl. The molecule has 5 nitrogen and oxygen atoms in total. The van der Waals surface area contributed by atoms with E-state index in [0.717, 1.165) is 30.1 Å². The van der Waals surface area contributed by atoms with Crippen LogP contribution in [-0.4, -0.2) is 54.7 Å². The van der Waals surface area contributed by atoms with Crippen molar-refractivity contribution in [2.75, 3.05) is 36.8 Å². The number of benzene rings is 2. The monoisotopic (exact) mass is 431 g/mol. The summed E-state index contributed by atoms with van der Waals surface area (Å²) in [4.78, 5) is 30.5. The second-order valence-electron chi connectivity index (χ2n) is 7.32. The summed E-state index contributed by atoms with van der Waals surface area (Å²) in [6, 6.07) is 16.0. The van der Waals surface area contributed by atoms with E-state index < -0.39 is 0 Å².